The minimum absolute atomic E-state index is 0.0416. The molecule has 0 spiro atoms. The highest BCUT2D eigenvalue weighted by Crippen LogP contribution is 2.22. The number of hydrogen-bond donors (Lipinski definition) is 2. The fraction of sp³-hybridized carbons (Fsp3) is 0.200. The topological polar surface area (TPSA) is 77.8 Å². The first-order valence-corrected chi connectivity index (χ1v) is 4.57. The second kappa shape index (κ2) is 3.43. The van der Waals surface area contributed by atoms with Crippen LogP contribution in [0, 0.1) is 5.82 Å². The molecule has 0 fully saturated rings. The van der Waals surface area contributed by atoms with Crippen molar-refractivity contribution in [1.29, 1.82) is 0 Å². The second-order valence-electron chi connectivity index (χ2n) is 3.39. The maximum Gasteiger partial charge on any atom is 0.220 e. The van der Waals surface area contributed by atoms with Gasteiger partial charge in [-0.05, 0) is 13.0 Å². The number of benzene rings is 1. The zero-order valence-electron chi connectivity index (χ0n) is 8.24. The molecule has 0 saturated heterocycles. The Kier molecular flexibility index (Phi) is 2.24. The Hall–Kier alpha value is -1.75. The van der Waals surface area contributed by atoms with Crippen LogP contribution >= 0.6 is 0 Å². The molecule has 0 aliphatic carbocycles. The van der Waals surface area contributed by atoms with Gasteiger partial charge in [-0.3, -0.25) is 0 Å². The van der Waals surface area contributed by atoms with Crippen LogP contribution in [0.25, 0.3) is 10.9 Å². The molecular formula is C10H11FN4. The molecule has 0 radical (unpaired) electrons. The molecule has 1 unspecified atom stereocenters. The molecule has 15 heavy (non-hydrogen) atoms. The number of anilines is 1. The van der Waals surface area contributed by atoms with E-state index < -0.39 is 5.82 Å². The van der Waals surface area contributed by atoms with Crippen molar-refractivity contribution < 1.29 is 4.39 Å². The van der Waals surface area contributed by atoms with Gasteiger partial charge >= 0.3 is 0 Å². The van der Waals surface area contributed by atoms with Crippen LogP contribution in [0.15, 0.2) is 18.2 Å². The molecule has 1 aromatic heterocycles. The first kappa shape index (κ1) is 9.79. The van der Waals surface area contributed by atoms with Crippen molar-refractivity contribution in [3.63, 3.8) is 0 Å². The number of nitrogens with zero attached hydrogens (tertiary/aromatic N) is 2. The number of halogens is 1. The number of fused-ring (bicyclic) bond motifs is 1. The maximum atomic E-state index is 13.4. The lowest BCUT2D eigenvalue weighted by molar-refractivity contribution is 0.636. The quantitative estimate of drug-likeness (QED) is 0.738. The lowest BCUT2D eigenvalue weighted by Gasteiger charge is -2.09. The minimum atomic E-state index is -0.413. The van der Waals surface area contributed by atoms with Gasteiger partial charge in [0.15, 0.2) is 0 Å². The summed E-state index contributed by atoms with van der Waals surface area (Å²) in [6, 6.07) is 4.36. The van der Waals surface area contributed by atoms with Crippen LogP contribution < -0.4 is 11.5 Å². The lowest BCUT2D eigenvalue weighted by atomic mass is 10.1. The highest BCUT2D eigenvalue weighted by Gasteiger charge is 2.12. The van der Waals surface area contributed by atoms with E-state index in [1.807, 2.05) is 0 Å². The lowest BCUT2D eigenvalue weighted by Crippen LogP contribution is -2.11. The Balaban J connectivity index is 2.86. The summed E-state index contributed by atoms with van der Waals surface area (Å²) in [5, 5.41) is 0.610. The number of hydrogen-bond acceptors (Lipinski definition) is 4. The van der Waals surface area contributed by atoms with Gasteiger partial charge in [-0.15, -0.1) is 0 Å². The highest BCUT2D eigenvalue weighted by atomic mass is 19.1. The van der Waals surface area contributed by atoms with E-state index in [0.717, 1.165) is 0 Å². The summed E-state index contributed by atoms with van der Waals surface area (Å²) in [7, 11) is 0. The van der Waals surface area contributed by atoms with Crippen molar-refractivity contribution in [2.45, 2.75) is 13.0 Å². The van der Waals surface area contributed by atoms with Crippen LogP contribution in [0.2, 0.25) is 0 Å². The summed E-state index contributed by atoms with van der Waals surface area (Å²) in [5.41, 5.74) is 12.0. The smallest absolute Gasteiger partial charge is 0.220 e. The average molecular weight is 206 g/mol. The van der Waals surface area contributed by atoms with Crippen LogP contribution in [0.5, 0.6) is 0 Å². The predicted octanol–water partition coefficient (Wildman–Crippen LogP) is 1.37. The van der Waals surface area contributed by atoms with Crippen LogP contribution in [-0.4, -0.2) is 9.97 Å². The SMILES string of the molecule is CC(N)c1nc(N)nc2c(F)cccc12. The van der Waals surface area contributed by atoms with Gasteiger partial charge in [0.2, 0.25) is 5.95 Å². The van der Waals surface area contributed by atoms with Crippen LogP contribution in [-0.2, 0) is 0 Å². The van der Waals surface area contributed by atoms with Crippen LogP contribution in [0.1, 0.15) is 18.7 Å². The molecule has 4 N–H and O–H groups in total. The van der Waals surface area contributed by atoms with E-state index in [9.17, 15) is 4.39 Å². The first-order chi connectivity index (χ1) is 7.09. The third kappa shape index (κ3) is 1.61. The van der Waals surface area contributed by atoms with Crippen molar-refractivity contribution in [2.24, 2.45) is 5.73 Å². The normalized spacial score (nSPS) is 13.0. The minimum Gasteiger partial charge on any atom is -0.368 e. The molecule has 1 atom stereocenters. The van der Waals surface area contributed by atoms with Gasteiger partial charge in [-0.25, -0.2) is 14.4 Å². The summed E-state index contributed by atoms with van der Waals surface area (Å²) in [4.78, 5) is 7.87. The fourth-order valence-electron chi connectivity index (χ4n) is 1.51. The third-order valence-electron chi connectivity index (χ3n) is 2.16. The maximum absolute atomic E-state index is 13.4. The van der Waals surface area contributed by atoms with Gasteiger partial charge in [-0.2, -0.15) is 0 Å². The van der Waals surface area contributed by atoms with Crippen molar-refractivity contribution in [1.82, 2.24) is 9.97 Å². The molecule has 2 aromatic rings. The van der Waals surface area contributed by atoms with Gasteiger partial charge in [0.1, 0.15) is 11.3 Å². The van der Waals surface area contributed by atoms with E-state index in [1.165, 1.54) is 6.07 Å². The molecule has 0 bridgehead atoms. The number of nitrogens with two attached hydrogens (primary N) is 2. The zero-order chi connectivity index (χ0) is 11.0. The van der Waals surface area contributed by atoms with E-state index in [-0.39, 0.29) is 17.5 Å². The van der Waals surface area contributed by atoms with E-state index in [1.54, 1.807) is 19.1 Å². The zero-order valence-corrected chi connectivity index (χ0v) is 8.24. The van der Waals surface area contributed by atoms with Crippen molar-refractivity contribution in [3.05, 3.63) is 29.7 Å². The Morgan fingerprint density at radius 3 is 2.73 bits per heavy atom. The van der Waals surface area contributed by atoms with Gasteiger partial charge in [0, 0.05) is 11.4 Å². The first-order valence-electron chi connectivity index (χ1n) is 4.57. The van der Waals surface area contributed by atoms with E-state index in [4.69, 9.17) is 11.5 Å². The Labute approximate surface area is 86.1 Å². The summed E-state index contributed by atoms with van der Waals surface area (Å²) in [6.45, 7) is 1.77. The Morgan fingerprint density at radius 1 is 1.33 bits per heavy atom. The highest BCUT2D eigenvalue weighted by molar-refractivity contribution is 5.82. The van der Waals surface area contributed by atoms with Gasteiger partial charge < -0.3 is 11.5 Å². The van der Waals surface area contributed by atoms with E-state index in [0.29, 0.717) is 11.1 Å². The van der Waals surface area contributed by atoms with Gasteiger partial charge in [-0.1, -0.05) is 12.1 Å². The molecule has 5 heteroatoms. The molecule has 0 aliphatic rings. The molecule has 2 rings (SSSR count). The van der Waals surface area contributed by atoms with Crippen molar-refractivity contribution in [2.75, 3.05) is 5.73 Å². The Morgan fingerprint density at radius 2 is 2.07 bits per heavy atom. The van der Waals surface area contributed by atoms with Crippen LogP contribution in [0.4, 0.5) is 10.3 Å². The molecule has 1 aromatic carbocycles. The largest absolute Gasteiger partial charge is 0.368 e. The molecule has 78 valence electrons. The molecular weight excluding hydrogens is 195 g/mol. The van der Waals surface area contributed by atoms with Gasteiger partial charge in [0.05, 0.1) is 5.69 Å². The monoisotopic (exact) mass is 206 g/mol. The van der Waals surface area contributed by atoms with Gasteiger partial charge in [0.25, 0.3) is 0 Å². The predicted molar refractivity (Wildman–Crippen MR) is 56.5 cm³/mol. The summed E-state index contributed by atoms with van der Waals surface area (Å²) in [6.07, 6.45) is 0. The van der Waals surface area contributed by atoms with E-state index >= 15 is 0 Å². The number of aromatic nitrogens is 2. The molecule has 1 heterocycles. The standard InChI is InChI=1S/C10H11FN4/c1-5(12)8-6-3-2-4-7(11)9(6)15-10(13)14-8/h2-5H,12H2,1H3,(H2,13,14,15). The van der Waals surface area contributed by atoms with Crippen molar-refractivity contribution >= 4 is 16.9 Å². The fourth-order valence-corrected chi connectivity index (χ4v) is 1.51. The third-order valence-corrected chi connectivity index (χ3v) is 2.16. The molecule has 0 aliphatic heterocycles. The summed E-state index contributed by atoms with van der Waals surface area (Å²) >= 11 is 0. The van der Waals surface area contributed by atoms with E-state index in [2.05, 4.69) is 9.97 Å². The van der Waals surface area contributed by atoms with Crippen molar-refractivity contribution in [3.8, 4) is 0 Å². The number of nitrogen functional groups attached to an aromatic ring is 1. The summed E-state index contributed by atoms with van der Waals surface area (Å²) in [5.74, 6) is -0.372. The van der Waals surface area contributed by atoms with Crippen LogP contribution in [0.3, 0.4) is 0 Å². The molecule has 0 saturated carbocycles. The number of rotatable bonds is 1. The summed E-state index contributed by atoms with van der Waals surface area (Å²) < 4.78 is 13.4. The second-order valence-corrected chi connectivity index (χ2v) is 3.39. The average Bonchev–Trinajstić information content (AvgIpc) is 2.18. The molecule has 4 nitrogen and oxygen atoms in total. The Bertz CT molecular complexity index is 510. The molecule has 0 amide bonds. The number of para-hydroxylation sites is 1.